The predicted molar refractivity (Wildman–Crippen MR) is 97.6 cm³/mol. The normalized spacial score (nSPS) is 11.8. The van der Waals surface area contributed by atoms with Gasteiger partial charge in [-0.25, -0.2) is 4.98 Å². The molecule has 1 N–H and O–H groups in total. The minimum absolute atomic E-state index is 0.175. The highest BCUT2D eigenvalue weighted by Gasteiger charge is 2.20. The molecule has 1 atom stereocenters. The molecule has 1 unspecified atom stereocenters. The molecule has 0 radical (unpaired) electrons. The van der Waals surface area contributed by atoms with Crippen molar-refractivity contribution in [3.63, 3.8) is 0 Å². The van der Waals surface area contributed by atoms with Gasteiger partial charge in [-0.2, -0.15) is 0 Å². The number of carbonyl (C=O) groups is 1. The van der Waals surface area contributed by atoms with E-state index in [4.69, 9.17) is 11.6 Å². The number of nitrogens with one attached hydrogen (secondary N) is 1. The van der Waals surface area contributed by atoms with Crippen LogP contribution in [0.4, 0.5) is 5.69 Å². The van der Waals surface area contributed by atoms with E-state index in [0.29, 0.717) is 10.7 Å². The number of aromatic nitrogens is 2. The average molecular weight is 371 g/mol. The maximum atomic E-state index is 12.5. The molecule has 3 aromatic rings. The number of hydrogen-bond donors (Lipinski definition) is 1. The fourth-order valence-electron chi connectivity index (χ4n) is 2.57. The van der Waals surface area contributed by atoms with Crippen molar-refractivity contribution >= 4 is 23.2 Å². The first-order valence-corrected chi connectivity index (χ1v) is 8.16. The predicted octanol–water partition coefficient (Wildman–Crippen LogP) is 3.92. The number of rotatable bonds is 5. The molecule has 0 saturated heterocycles. The van der Waals surface area contributed by atoms with Gasteiger partial charge in [-0.05, 0) is 36.8 Å². The number of nitro benzene ring substituents is 1. The second-order valence-corrected chi connectivity index (χ2v) is 6.12. The van der Waals surface area contributed by atoms with Gasteiger partial charge < -0.3 is 9.88 Å². The zero-order chi connectivity index (χ0) is 18.7. The smallest absolute Gasteiger partial charge is 0.294 e. The lowest BCUT2D eigenvalue weighted by Gasteiger charge is -2.15. The number of nitrogens with zero attached hydrogens (tertiary/aromatic N) is 3. The highest BCUT2D eigenvalue weighted by atomic mass is 35.5. The van der Waals surface area contributed by atoms with E-state index in [9.17, 15) is 14.9 Å². The summed E-state index contributed by atoms with van der Waals surface area (Å²) in [7, 11) is 0. The first-order valence-electron chi connectivity index (χ1n) is 7.79. The van der Waals surface area contributed by atoms with Crippen LogP contribution < -0.4 is 5.32 Å². The first-order chi connectivity index (χ1) is 12.5. The summed E-state index contributed by atoms with van der Waals surface area (Å²) in [5.41, 5.74) is 1.21. The maximum absolute atomic E-state index is 12.5. The van der Waals surface area contributed by atoms with Crippen molar-refractivity contribution in [1.29, 1.82) is 0 Å². The molecule has 0 aliphatic rings. The summed E-state index contributed by atoms with van der Waals surface area (Å²) in [5.74, 6) is -0.405. The quantitative estimate of drug-likeness (QED) is 0.544. The molecule has 0 spiro atoms. The topological polar surface area (TPSA) is 90.1 Å². The number of amides is 1. The molecule has 132 valence electrons. The van der Waals surface area contributed by atoms with Gasteiger partial charge in [0, 0.05) is 29.0 Å². The highest BCUT2D eigenvalue weighted by molar-refractivity contribution is 6.30. The van der Waals surface area contributed by atoms with Crippen LogP contribution in [-0.4, -0.2) is 20.4 Å². The van der Waals surface area contributed by atoms with Crippen molar-refractivity contribution in [2.75, 3.05) is 0 Å². The lowest BCUT2D eigenvalue weighted by molar-refractivity contribution is -0.384. The molecule has 1 heterocycles. The van der Waals surface area contributed by atoms with Crippen molar-refractivity contribution in [1.82, 2.24) is 14.9 Å². The Labute approximate surface area is 154 Å². The third-order valence-electron chi connectivity index (χ3n) is 3.91. The SMILES string of the molecule is CC(NC(=O)c1ccc(-n2ccnc2)c([N+](=O)[O-])c1)c1cccc(Cl)c1. The van der Waals surface area contributed by atoms with Gasteiger partial charge in [0.15, 0.2) is 0 Å². The number of carbonyl (C=O) groups excluding carboxylic acids is 1. The summed E-state index contributed by atoms with van der Waals surface area (Å²) < 4.78 is 1.52. The summed E-state index contributed by atoms with van der Waals surface area (Å²) in [5, 5.41) is 14.8. The van der Waals surface area contributed by atoms with E-state index in [0.717, 1.165) is 5.56 Å². The molecule has 7 nitrogen and oxygen atoms in total. The summed E-state index contributed by atoms with van der Waals surface area (Å²) in [6.45, 7) is 1.82. The van der Waals surface area contributed by atoms with Crippen LogP contribution in [0.25, 0.3) is 5.69 Å². The Morgan fingerprint density at radius 3 is 2.77 bits per heavy atom. The standard InChI is InChI=1S/C18H15ClN4O3/c1-12(13-3-2-4-15(19)9-13)21-18(24)14-5-6-16(17(10-14)23(25)26)22-8-7-20-11-22/h2-12H,1H3,(H,21,24). The van der Waals surface area contributed by atoms with Crippen LogP contribution in [0.2, 0.25) is 5.02 Å². The number of benzene rings is 2. The maximum Gasteiger partial charge on any atom is 0.294 e. The van der Waals surface area contributed by atoms with E-state index in [1.54, 1.807) is 30.5 Å². The largest absolute Gasteiger partial charge is 0.346 e. The second-order valence-electron chi connectivity index (χ2n) is 5.68. The number of halogens is 1. The van der Waals surface area contributed by atoms with E-state index in [1.807, 2.05) is 13.0 Å². The Bertz CT molecular complexity index is 957. The molecule has 2 aromatic carbocycles. The van der Waals surface area contributed by atoms with E-state index >= 15 is 0 Å². The Kier molecular flexibility index (Phi) is 4.99. The van der Waals surface area contributed by atoms with Crippen molar-refractivity contribution in [3.05, 3.63) is 87.4 Å². The first kappa shape index (κ1) is 17.6. The average Bonchev–Trinajstić information content (AvgIpc) is 3.15. The Hall–Kier alpha value is -3.19. The molecule has 0 bridgehead atoms. The summed E-state index contributed by atoms with van der Waals surface area (Å²) in [6, 6.07) is 11.2. The Morgan fingerprint density at radius 2 is 2.12 bits per heavy atom. The molecule has 1 amide bonds. The molecule has 0 saturated carbocycles. The van der Waals surface area contributed by atoms with Crippen molar-refractivity contribution < 1.29 is 9.72 Å². The summed E-state index contributed by atoms with van der Waals surface area (Å²) >= 11 is 5.97. The van der Waals surface area contributed by atoms with Crippen molar-refractivity contribution in [2.45, 2.75) is 13.0 Å². The minimum Gasteiger partial charge on any atom is -0.346 e. The van der Waals surface area contributed by atoms with E-state index in [1.165, 1.54) is 29.2 Å². The molecule has 8 heteroatoms. The molecule has 1 aromatic heterocycles. The molecule has 0 aliphatic heterocycles. The number of nitro groups is 1. The molecular formula is C18H15ClN4O3. The zero-order valence-electron chi connectivity index (χ0n) is 13.8. The van der Waals surface area contributed by atoms with Crippen LogP contribution in [0, 0.1) is 10.1 Å². The fraction of sp³-hybridized carbons (Fsp3) is 0.111. The summed E-state index contributed by atoms with van der Waals surface area (Å²) in [6.07, 6.45) is 4.59. The van der Waals surface area contributed by atoms with Gasteiger partial charge in [0.05, 0.1) is 17.3 Å². The van der Waals surface area contributed by atoms with Gasteiger partial charge in [-0.1, -0.05) is 23.7 Å². The number of hydrogen-bond acceptors (Lipinski definition) is 4. The molecule has 0 aliphatic carbocycles. The van der Waals surface area contributed by atoms with Crippen molar-refractivity contribution in [2.24, 2.45) is 0 Å². The van der Waals surface area contributed by atoms with Gasteiger partial charge >= 0.3 is 0 Å². The van der Waals surface area contributed by atoms with E-state index in [2.05, 4.69) is 10.3 Å². The van der Waals surface area contributed by atoms with Gasteiger partial charge in [0.1, 0.15) is 5.69 Å². The minimum atomic E-state index is -0.521. The van der Waals surface area contributed by atoms with Gasteiger partial charge in [-0.15, -0.1) is 0 Å². The molecule has 0 fully saturated rings. The second kappa shape index (κ2) is 7.37. The Morgan fingerprint density at radius 1 is 1.31 bits per heavy atom. The van der Waals surface area contributed by atoms with Gasteiger partial charge in [0.25, 0.3) is 11.6 Å². The summed E-state index contributed by atoms with van der Waals surface area (Å²) in [4.78, 5) is 27.3. The third-order valence-corrected chi connectivity index (χ3v) is 4.15. The van der Waals surface area contributed by atoms with Crippen LogP contribution in [0.15, 0.2) is 61.2 Å². The molecule has 26 heavy (non-hydrogen) atoms. The Balaban J connectivity index is 1.86. The van der Waals surface area contributed by atoms with Crippen LogP contribution >= 0.6 is 11.6 Å². The highest BCUT2D eigenvalue weighted by Crippen LogP contribution is 2.25. The lowest BCUT2D eigenvalue weighted by atomic mass is 10.1. The van der Waals surface area contributed by atoms with Crippen LogP contribution in [0.1, 0.15) is 28.9 Å². The molecule has 3 rings (SSSR count). The van der Waals surface area contributed by atoms with Crippen molar-refractivity contribution in [3.8, 4) is 5.69 Å². The lowest BCUT2D eigenvalue weighted by Crippen LogP contribution is -2.26. The fourth-order valence-corrected chi connectivity index (χ4v) is 2.77. The monoisotopic (exact) mass is 370 g/mol. The zero-order valence-corrected chi connectivity index (χ0v) is 14.6. The number of imidazole rings is 1. The van der Waals surface area contributed by atoms with Gasteiger partial charge in [0.2, 0.25) is 0 Å². The van der Waals surface area contributed by atoms with Gasteiger partial charge in [-0.3, -0.25) is 14.9 Å². The third kappa shape index (κ3) is 3.73. The van der Waals surface area contributed by atoms with E-state index < -0.39 is 10.8 Å². The molecular weight excluding hydrogens is 356 g/mol. The van der Waals surface area contributed by atoms with Crippen LogP contribution in [0.5, 0.6) is 0 Å². The van der Waals surface area contributed by atoms with Crippen LogP contribution in [-0.2, 0) is 0 Å². The van der Waals surface area contributed by atoms with Crippen LogP contribution in [0.3, 0.4) is 0 Å². The van der Waals surface area contributed by atoms with E-state index in [-0.39, 0.29) is 17.3 Å².